The number of carbonyl (C=O) groups excluding carboxylic acids is 2. The summed E-state index contributed by atoms with van der Waals surface area (Å²) < 4.78 is 15.6. The van der Waals surface area contributed by atoms with Gasteiger partial charge in [0.2, 0.25) is 0 Å². The number of ether oxygens (including phenoxy) is 3. The second kappa shape index (κ2) is 9.37. The fourth-order valence-electron chi connectivity index (χ4n) is 2.65. The van der Waals surface area contributed by atoms with Crippen molar-refractivity contribution in [3.05, 3.63) is 95.6 Å². The van der Waals surface area contributed by atoms with Crippen LogP contribution in [-0.4, -0.2) is 26.0 Å². The van der Waals surface area contributed by atoms with E-state index in [-0.39, 0.29) is 5.78 Å². The minimum absolute atomic E-state index is 0.150. The first-order chi connectivity index (χ1) is 14.1. The number of allylic oxidation sites excluding steroid dienone is 1. The van der Waals surface area contributed by atoms with Crippen molar-refractivity contribution in [2.24, 2.45) is 0 Å². The van der Waals surface area contributed by atoms with Crippen LogP contribution in [0.25, 0.3) is 6.08 Å². The van der Waals surface area contributed by atoms with Gasteiger partial charge in [-0.25, -0.2) is 4.79 Å². The third kappa shape index (κ3) is 5.11. The van der Waals surface area contributed by atoms with Crippen molar-refractivity contribution in [2.75, 3.05) is 14.2 Å². The lowest BCUT2D eigenvalue weighted by Gasteiger charge is -2.08. The number of carbonyl (C=O) groups is 2. The van der Waals surface area contributed by atoms with Crippen LogP contribution in [0.2, 0.25) is 0 Å². The Labute approximate surface area is 169 Å². The summed E-state index contributed by atoms with van der Waals surface area (Å²) in [4.78, 5) is 24.7. The predicted octanol–water partition coefficient (Wildman–Crippen LogP) is 4.82. The third-order valence-electron chi connectivity index (χ3n) is 4.22. The minimum atomic E-state index is -0.527. The van der Waals surface area contributed by atoms with Gasteiger partial charge in [-0.2, -0.15) is 0 Å². The van der Waals surface area contributed by atoms with Gasteiger partial charge in [-0.05, 0) is 60.2 Å². The van der Waals surface area contributed by atoms with Crippen molar-refractivity contribution < 1.29 is 23.8 Å². The van der Waals surface area contributed by atoms with E-state index in [4.69, 9.17) is 14.2 Å². The molecule has 0 fully saturated rings. The summed E-state index contributed by atoms with van der Waals surface area (Å²) in [5.74, 6) is 0.862. The number of hydrogen-bond acceptors (Lipinski definition) is 5. The fourth-order valence-corrected chi connectivity index (χ4v) is 2.65. The zero-order valence-corrected chi connectivity index (χ0v) is 16.1. The minimum Gasteiger partial charge on any atom is -0.497 e. The molecule has 3 aromatic rings. The molecule has 0 bridgehead atoms. The maximum absolute atomic E-state index is 12.3. The van der Waals surface area contributed by atoms with Gasteiger partial charge in [0.1, 0.15) is 22.8 Å². The highest BCUT2D eigenvalue weighted by Gasteiger charge is 2.14. The van der Waals surface area contributed by atoms with Crippen LogP contribution in [-0.2, 0) is 0 Å². The number of rotatable bonds is 7. The number of esters is 1. The molecular formula is C24H20O5. The maximum Gasteiger partial charge on any atom is 0.347 e. The molecule has 29 heavy (non-hydrogen) atoms. The van der Waals surface area contributed by atoms with Gasteiger partial charge in [-0.1, -0.05) is 30.3 Å². The van der Waals surface area contributed by atoms with Crippen molar-refractivity contribution >= 4 is 17.8 Å². The van der Waals surface area contributed by atoms with Crippen molar-refractivity contribution in [1.29, 1.82) is 0 Å². The predicted molar refractivity (Wildman–Crippen MR) is 111 cm³/mol. The van der Waals surface area contributed by atoms with Gasteiger partial charge in [0.15, 0.2) is 5.78 Å². The molecule has 0 spiro atoms. The molecule has 0 aliphatic carbocycles. The smallest absolute Gasteiger partial charge is 0.347 e. The molecule has 0 saturated heterocycles. The zero-order chi connectivity index (χ0) is 20.6. The monoisotopic (exact) mass is 388 g/mol. The van der Waals surface area contributed by atoms with Crippen LogP contribution in [0.1, 0.15) is 26.3 Å². The normalized spacial score (nSPS) is 10.6. The molecule has 0 atom stereocenters. The first-order valence-corrected chi connectivity index (χ1v) is 8.92. The van der Waals surface area contributed by atoms with Crippen LogP contribution in [0.5, 0.6) is 17.2 Å². The molecule has 0 aliphatic heterocycles. The van der Waals surface area contributed by atoms with E-state index in [0.29, 0.717) is 22.6 Å². The van der Waals surface area contributed by atoms with E-state index in [2.05, 4.69) is 0 Å². The van der Waals surface area contributed by atoms with Crippen LogP contribution >= 0.6 is 0 Å². The Morgan fingerprint density at radius 3 is 2.07 bits per heavy atom. The molecule has 146 valence electrons. The number of methoxy groups -OCH3 is 2. The average molecular weight is 388 g/mol. The molecule has 0 radical (unpaired) electrons. The van der Waals surface area contributed by atoms with Crippen LogP contribution in [0.3, 0.4) is 0 Å². The summed E-state index contributed by atoms with van der Waals surface area (Å²) in [6.45, 7) is 0. The number of ketones is 1. The lowest BCUT2D eigenvalue weighted by Crippen LogP contribution is -2.10. The highest BCUT2D eigenvalue weighted by molar-refractivity contribution is 6.06. The van der Waals surface area contributed by atoms with Crippen molar-refractivity contribution in [1.82, 2.24) is 0 Å². The summed E-state index contributed by atoms with van der Waals surface area (Å²) in [5, 5.41) is 0. The van der Waals surface area contributed by atoms with E-state index < -0.39 is 5.97 Å². The topological polar surface area (TPSA) is 61.8 Å². The highest BCUT2D eigenvalue weighted by atomic mass is 16.5. The Morgan fingerprint density at radius 2 is 1.41 bits per heavy atom. The van der Waals surface area contributed by atoms with E-state index >= 15 is 0 Å². The molecule has 3 rings (SSSR count). The second-order valence-electron chi connectivity index (χ2n) is 6.08. The summed E-state index contributed by atoms with van der Waals surface area (Å²) in [5.41, 5.74) is 1.71. The lowest BCUT2D eigenvalue weighted by molar-refractivity contribution is 0.0731. The Bertz CT molecular complexity index is 1020. The average Bonchev–Trinajstić information content (AvgIpc) is 2.78. The molecule has 0 amide bonds. The van der Waals surface area contributed by atoms with E-state index in [0.717, 1.165) is 11.3 Å². The van der Waals surface area contributed by atoms with Gasteiger partial charge < -0.3 is 14.2 Å². The first-order valence-electron chi connectivity index (χ1n) is 8.92. The summed E-state index contributed by atoms with van der Waals surface area (Å²) in [6, 6.07) is 20.6. The standard InChI is InChI=1S/C24H20O5/c1-27-19-12-7-17(8-13-19)9-16-22(25)18-10-14-20(15-11-18)29-24(26)21-5-3-4-6-23(21)28-2/h3-16H,1-2H3/b16-9+. The molecule has 0 unspecified atom stereocenters. The second-order valence-corrected chi connectivity index (χ2v) is 6.08. The van der Waals surface area contributed by atoms with Gasteiger partial charge in [0, 0.05) is 5.56 Å². The van der Waals surface area contributed by atoms with Gasteiger partial charge in [-0.3, -0.25) is 4.79 Å². The quantitative estimate of drug-likeness (QED) is 0.251. The largest absolute Gasteiger partial charge is 0.497 e. The molecule has 0 aliphatic rings. The summed E-state index contributed by atoms with van der Waals surface area (Å²) >= 11 is 0. The Morgan fingerprint density at radius 1 is 0.759 bits per heavy atom. The molecule has 0 saturated carbocycles. The number of para-hydroxylation sites is 1. The SMILES string of the molecule is COc1ccc(/C=C/C(=O)c2ccc(OC(=O)c3ccccc3OC)cc2)cc1. The van der Waals surface area contributed by atoms with Crippen molar-refractivity contribution in [3.63, 3.8) is 0 Å². The van der Waals surface area contributed by atoms with Gasteiger partial charge in [0.05, 0.1) is 14.2 Å². The molecule has 0 N–H and O–H groups in total. The zero-order valence-electron chi connectivity index (χ0n) is 16.1. The summed E-state index contributed by atoms with van der Waals surface area (Å²) in [6.07, 6.45) is 3.23. The Kier molecular flexibility index (Phi) is 6.43. The third-order valence-corrected chi connectivity index (χ3v) is 4.22. The van der Waals surface area contributed by atoms with E-state index in [9.17, 15) is 9.59 Å². The molecule has 5 nitrogen and oxygen atoms in total. The van der Waals surface area contributed by atoms with Gasteiger partial charge in [0.25, 0.3) is 0 Å². The fraction of sp³-hybridized carbons (Fsp3) is 0.0833. The van der Waals surface area contributed by atoms with Crippen LogP contribution in [0.15, 0.2) is 78.9 Å². The highest BCUT2D eigenvalue weighted by Crippen LogP contribution is 2.21. The van der Waals surface area contributed by atoms with Crippen molar-refractivity contribution in [3.8, 4) is 17.2 Å². The van der Waals surface area contributed by atoms with Crippen LogP contribution in [0, 0.1) is 0 Å². The number of benzene rings is 3. The van der Waals surface area contributed by atoms with Gasteiger partial charge in [-0.15, -0.1) is 0 Å². The number of hydrogen-bond donors (Lipinski definition) is 0. The maximum atomic E-state index is 12.3. The molecule has 0 heterocycles. The Balaban J connectivity index is 1.65. The molecule has 3 aromatic carbocycles. The van der Waals surface area contributed by atoms with E-state index in [1.54, 1.807) is 61.7 Å². The van der Waals surface area contributed by atoms with Crippen LogP contribution < -0.4 is 14.2 Å². The molecule has 5 heteroatoms. The summed E-state index contributed by atoms with van der Waals surface area (Å²) in [7, 11) is 3.09. The first kappa shape index (κ1) is 19.9. The van der Waals surface area contributed by atoms with E-state index in [1.807, 2.05) is 24.3 Å². The van der Waals surface area contributed by atoms with Crippen molar-refractivity contribution in [2.45, 2.75) is 0 Å². The van der Waals surface area contributed by atoms with E-state index in [1.165, 1.54) is 13.2 Å². The molecular weight excluding hydrogens is 368 g/mol. The lowest BCUT2D eigenvalue weighted by atomic mass is 10.1. The van der Waals surface area contributed by atoms with Crippen LogP contribution in [0.4, 0.5) is 0 Å². The molecule has 0 aromatic heterocycles. The Hall–Kier alpha value is -3.86. The van der Waals surface area contributed by atoms with Gasteiger partial charge >= 0.3 is 5.97 Å².